The highest BCUT2D eigenvalue weighted by Crippen LogP contribution is 2.36. The molecular formula is C25H27N3O5S. The smallest absolute Gasteiger partial charge is 0.245 e. The Kier molecular flexibility index (Phi) is 5.77. The third-order valence-corrected chi connectivity index (χ3v) is 9.09. The molecule has 0 unspecified atom stereocenters. The predicted molar refractivity (Wildman–Crippen MR) is 126 cm³/mol. The first-order valence-electron chi connectivity index (χ1n) is 11.6. The Hall–Kier alpha value is -3.04. The lowest BCUT2D eigenvalue weighted by molar-refractivity contribution is -0.151. The fraction of sp³-hybridized carbons (Fsp3) is 0.400. The Balaban J connectivity index is 1.26. The zero-order chi connectivity index (χ0) is 24.0. The van der Waals surface area contributed by atoms with Crippen LogP contribution in [-0.4, -0.2) is 72.5 Å². The molecule has 0 N–H and O–H groups in total. The van der Waals surface area contributed by atoms with Crippen molar-refractivity contribution in [1.82, 2.24) is 14.1 Å². The molecule has 178 valence electrons. The van der Waals surface area contributed by atoms with E-state index < -0.39 is 16.1 Å². The van der Waals surface area contributed by atoms with Gasteiger partial charge in [0, 0.05) is 26.2 Å². The van der Waals surface area contributed by atoms with E-state index in [4.69, 9.17) is 0 Å². The summed E-state index contributed by atoms with van der Waals surface area (Å²) in [6.45, 7) is 2.32. The largest absolute Gasteiger partial charge is 0.338 e. The lowest BCUT2D eigenvalue weighted by Crippen LogP contribution is -2.56. The fourth-order valence-electron chi connectivity index (χ4n) is 5.21. The minimum absolute atomic E-state index is 0.157. The second-order valence-electron chi connectivity index (χ2n) is 9.12. The van der Waals surface area contributed by atoms with Crippen LogP contribution in [0, 0.1) is 11.8 Å². The molecule has 0 aromatic heterocycles. The highest BCUT2D eigenvalue weighted by molar-refractivity contribution is 7.89. The van der Waals surface area contributed by atoms with Gasteiger partial charge in [-0.15, -0.1) is 0 Å². The Bertz CT molecular complexity index is 1270. The summed E-state index contributed by atoms with van der Waals surface area (Å²) in [5.74, 6) is -1.64. The molecule has 34 heavy (non-hydrogen) atoms. The number of carbonyl (C=O) groups is 3. The number of rotatable bonds is 4. The van der Waals surface area contributed by atoms with E-state index in [1.54, 1.807) is 30.0 Å². The number of piperazine rings is 1. The number of likely N-dealkylation sites (tertiary alicyclic amines) is 1. The molecule has 2 saturated heterocycles. The van der Waals surface area contributed by atoms with Crippen molar-refractivity contribution in [2.45, 2.75) is 30.7 Å². The molecule has 2 aromatic carbocycles. The average Bonchev–Trinajstić information content (AvgIpc) is 3.12. The SMILES string of the molecule is C[C@H](C(=O)N1CCN(S(=O)(=O)c2ccc3ccccc3c2)CC1)N1C(=O)[C@H]2CC=CC[C@H]2C1=O. The van der Waals surface area contributed by atoms with E-state index in [0.717, 1.165) is 15.7 Å². The number of benzene rings is 2. The van der Waals surface area contributed by atoms with E-state index in [9.17, 15) is 22.8 Å². The Morgan fingerprint density at radius 1 is 0.882 bits per heavy atom. The maximum Gasteiger partial charge on any atom is 0.245 e. The molecule has 1 aliphatic carbocycles. The summed E-state index contributed by atoms with van der Waals surface area (Å²) in [7, 11) is -3.70. The van der Waals surface area contributed by atoms with Crippen LogP contribution < -0.4 is 0 Å². The molecule has 2 aromatic rings. The van der Waals surface area contributed by atoms with Crippen LogP contribution in [0.5, 0.6) is 0 Å². The third-order valence-electron chi connectivity index (χ3n) is 7.20. The molecular weight excluding hydrogens is 454 g/mol. The Morgan fingerprint density at radius 2 is 1.47 bits per heavy atom. The molecule has 3 amide bonds. The molecule has 2 heterocycles. The first-order valence-corrected chi connectivity index (χ1v) is 13.0. The van der Waals surface area contributed by atoms with Crippen LogP contribution in [0.15, 0.2) is 59.5 Å². The predicted octanol–water partition coefficient (Wildman–Crippen LogP) is 2.01. The second kappa shape index (κ2) is 8.63. The summed E-state index contributed by atoms with van der Waals surface area (Å²) in [5.41, 5.74) is 0. The number of sulfonamides is 1. The van der Waals surface area contributed by atoms with E-state index >= 15 is 0 Å². The number of nitrogens with zero attached hydrogens (tertiary/aromatic N) is 3. The van der Waals surface area contributed by atoms with Crippen molar-refractivity contribution >= 4 is 38.5 Å². The maximum atomic E-state index is 13.2. The fourth-order valence-corrected chi connectivity index (χ4v) is 6.67. The molecule has 0 spiro atoms. The van der Waals surface area contributed by atoms with Crippen LogP contribution in [0.1, 0.15) is 19.8 Å². The van der Waals surface area contributed by atoms with Crippen molar-refractivity contribution < 1.29 is 22.8 Å². The van der Waals surface area contributed by atoms with Gasteiger partial charge < -0.3 is 4.90 Å². The van der Waals surface area contributed by atoms with E-state index in [2.05, 4.69) is 0 Å². The number of allylic oxidation sites excluding steroid dienone is 2. The maximum absolute atomic E-state index is 13.2. The second-order valence-corrected chi connectivity index (χ2v) is 11.1. The monoisotopic (exact) mass is 481 g/mol. The zero-order valence-electron chi connectivity index (χ0n) is 19.0. The summed E-state index contributed by atoms with van der Waals surface area (Å²) in [6.07, 6.45) is 4.88. The van der Waals surface area contributed by atoms with Crippen molar-refractivity contribution in [1.29, 1.82) is 0 Å². The molecule has 2 aliphatic heterocycles. The number of imide groups is 1. The van der Waals surface area contributed by atoms with E-state index in [1.165, 1.54) is 4.31 Å². The number of carbonyl (C=O) groups excluding carboxylic acids is 3. The summed E-state index contributed by atoms with van der Waals surface area (Å²) in [6, 6.07) is 11.8. The van der Waals surface area contributed by atoms with Gasteiger partial charge in [-0.1, -0.05) is 42.5 Å². The standard InChI is InChI=1S/C25H27N3O5S/c1-17(28-24(30)21-8-4-5-9-22(21)25(28)31)23(29)26-12-14-27(15-13-26)34(32,33)20-11-10-18-6-2-3-7-19(18)16-20/h2-7,10-11,16-17,21-22H,8-9,12-15H2,1H3/t17-,21-,22+/m1/s1. The van der Waals surface area contributed by atoms with Gasteiger partial charge in [0.1, 0.15) is 6.04 Å². The van der Waals surface area contributed by atoms with Gasteiger partial charge in [0.25, 0.3) is 0 Å². The molecule has 0 bridgehead atoms. The lowest BCUT2D eigenvalue weighted by Gasteiger charge is -2.36. The first-order chi connectivity index (χ1) is 16.3. The number of hydrogen-bond acceptors (Lipinski definition) is 5. The van der Waals surface area contributed by atoms with Gasteiger partial charge >= 0.3 is 0 Å². The molecule has 3 atom stereocenters. The number of fused-ring (bicyclic) bond motifs is 2. The van der Waals surface area contributed by atoms with Crippen LogP contribution in [0.3, 0.4) is 0 Å². The van der Waals surface area contributed by atoms with Crippen LogP contribution in [0.25, 0.3) is 10.8 Å². The highest BCUT2D eigenvalue weighted by Gasteiger charge is 2.50. The molecule has 5 rings (SSSR count). The minimum Gasteiger partial charge on any atom is -0.338 e. The van der Waals surface area contributed by atoms with Crippen molar-refractivity contribution in [2.75, 3.05) is 26.2 Å². The summed E-state index contributed by atoms with van der Waals surface area (Å²) in [5, 5.41) is 1.81. The summed E-state index contributed by atoms with van der Waals surface area (Å²) < 4.78 is 27.8. The van der Waals surface area contributed by atoms with Crippen molar-refractivity contribution in [3.8, 4) is 0 Å². The van der Waals surface area contributed by atoms with Gasteiger partial charge in [-0.2, -0.15) is 4.31 Å². The molecule has 2 fully saturated rings. The van der Waals surface area contributed by atoms with Crippen molar-refractivity contribution in [3.05, 3.63) is 54.6 Å². The van der Waals surface area contributed by atoms with E-state index in [1.807, 2.05) is 36.4 Å². The molecule has 0 radical (unpaired) electrons. The summed E-state index contributed by atoms with van der Waals surface area (Å²) >= 11 is 0. The number of amides is 3. The molecule has 0 saturated carbocycles. The van der Waals surface area contributed by atoms with Gasteiger partial charge in [-0.3, -0.25) is 19.3 Å². The number of hydrogen-bond donors (Lipinski definition) is 0. The first kappa shape index (κ1) is 22.7. The van der Waals surface area contributed by atoms with Gasteiger partial charge in [0.15, 0.2) is 0 Å². The van der Waals surface area contributed by atoms with Crippen LogP contribution in [0.4, 0.5) is 0 Å². The van der Waals surface area contributed by atoms with Crippen molar-refractivity contribution in [2.24, 2.45) is 11.8 Å². The van der Waals surface area contributed by atoms with Crippen LogP contribution in [0.2, 0.25) is 0 Å². The minimum atomic E-state index is -3.70. The van der Waals surface area contributed by atoms with Gasteiger partial charge in [0.2, 0.25) is 27.7 Å². The van der Waals surface area contributed by atoms with Gasteiger partial charge in [-0.25, -0.2) is 8.42 Å². The average molecular weight is 482 g/mol. The van der Waals surface area contributed by atoms with Gasteiger partial charge in [-0.05, 0) is 42.7 Å². The summed E-state index contributed by atoms with van der Waals surface area (Å²) in [4.78, 5) is 41.7. The quantitative estimate of drug-likeness (QED) is 0.492. The third kappa shape index (κ3) is 3.73. The lowest BCUT2D eigenvalue weighted by atomic mass is 9.85. The molecule has 8 nitrogen and oxygen atoms in total. The molecule has 9 heteroatoms. The Labute approximate surface area is 198 Å². The topological polar surface area (TPSA) is 95.1 Å². The normalized spacial score (nSPS) is 24.5. The van der Waals surface area contributed by atoms with Crippen LogP contribution in [-0.2, 0) is 24.4 Å². The zero-order valence-corrected chi connectivity index (χ0v) is 19.8. The highest BCUT2D eigenvalue weighted by atomic mass is 32.2. The Morgan fingerprint density at radius 3 is 2.09 bits per heavy atom. The van der Waals surface area contributed by atoms with Crippen molar-refractivity contribution in [3.63, 3.8) is 0 Å². The van der Waals surface area contributed by atoms with E-state index in [-0.39, 0.29) is 60.6 Å². The van der Waals surface area contributed by atoms with Crippen LogP contribution >= 0.6 is 0 Å². The van der Waals surface area contributed by atoms with E-state index in [0.29, 0.717) is 12.8 Å². The van der Waals surface area contributed by atoms with Gasteiger partial charge in [0.05, 0.1) is 16.7 Å². The molecule has 3 aliphatic rings.